The molecule has 1 aliphatic carbocycles. The number of hydrogen-bond donors (Lipinski definition) is 1. The molecule has 0 spiro atoms. The number of aromatic nitrogens is 2. The summed E-state index contributed by atoms with van der Waals surface area (Å²) in [4.78, 5) is 20.3. The van der Waals surface area contributed by atoms with Gasteiger partial charge in [-0.05, 0) is 29.7 Å². The number of esters is 1. The van der Waals surface area contributed by atoms with Crippen LogP contribution < -0.4 is 5.32 Å². The molecule has 1 heterocycles. The van der Waals surface area contributed by atoms with Gasteiger partial charge in [0.2, 0.25) is 5.95 Å². The quantitative estimate of drug-likeness (QED) is 0.673. The Balaban J connectivity index is 1.72. The Morgan fingerprint density at radius 2 is 1.75 bits per heavy atom. The lowest BCUT2D eigenvalue weighted by atomic mass is 9.94. The fourth-order valence-electron chi connectivity index (χ4n) is 3.26. The molecule has 28 heavy (non-hydrogen) atoms. The number of fused-ring (bicyclic) bond motifs is 2. The average molecular weight is 375 g/mol. The van der Waals surface area contributed by atoms with E-state index < -0.39 is 5.97 Å². The maximum Gasteiger partial charge on any atom is 0.341 e. The minimum Gasteiger partial charge on any atom is -0.462 e. The van der Waals surface area contributed by atoms with Crippen LogP contribution in [0.1, 0.15) is 45.6 Å². The lowest BCUT2D eigenvalue weighted by Gasteiger charge is -2.21. The van der Waals surface area contributed by atoms with Crippen LogP contribution in [0.15, 0.2) is 60.9 Å². The van der Waals surface area contributed by atoms with Crippen molar-refractivity contribution < 1.29 is 13.9 Å². The summed E-state index contributed by atoms with van der Waals surface area (Å²) in [6.45, 7) is 2.02. The molecule has 4 rings (SSSR count). The zero-order valence-corrected chi connectivity index (χ0v) is 15.2. The van der Waals surface area contributed by atoms with Crippen molar-refractivity contribution in [1.29, 1.82) is 0 Å². The van der Waals surface area contributed by atoms with Crippen molar-refractivity contribution >= 4 is 23.8 Å². The van der Waals surface area contributed by atoms with Crippen LogP contribution in [-0.2, 0) is 4.74 Å². The van der Waals surface area contributed by atoms with Gasteiger partial charge in [0, 0.05) is 18.0 Å². The lowest BCUT2D eigenvalue weighted by Crippen LogP contribution is -2.16. The first kappa shape index (κ1) is 17.9. The van der Waals surface area contributed by atoms with Gasteiger partial charge in [-0.15, -0.1) is 0 Å². The van der Waals surface area contributed by atoms with Gasteiger partial charge in [-0.1, -0.05) is 48.5 Å². The van der Waals surface area contributed by atoms with Crippen LogP contribution in [0, 0.1) is 0 Å². The van der Waals surface area contributed by atoms with Crippen LogP contribution in [0.2, 0.25) is 0 Å². The Bertz CT molecular complexity index is 1050. The van der Waals surface area contributed by atoms with Crippen LogP contribution in [0.5, 0.6) is 0 Å². The summed E-state index contributed by atoms with van der Waals surface area (Å²) in [7, 11) is 0. The topological polar surface area (TPSA) is 64.1 Å². The SMILES string of the molecule is CCOC(=O)c1cnc(NC2c3ccccc3C=C(F)c3ccccc32)nc1. The van der Waals surface area contributed by atoms with E-state index in [0.29, 0.717) is 11.5 Å². The number of ether oxygens (including phenoxy) is 1. The van der Waals surface area contributed by atoms with E-state index in [1.165, 1.54) is 12.4 Å². The van der Waals surface area contributed by atoms with Gasteiger partial charge in [0.1, 0.15) is 5.83 Å². The van der Waals surface area contributed by atoms with Gasteiger partial charge in [0.25, 0.3) is 0 Å². The third-order valence-electron chi connectivity index (χ3n) is 4.55. The van der Waals surface area contributed by atoms with E-state index in [2.05, 4.69) is 15.3 Å². The van der Waals surface area contributed by atoms with E-state index in [-0.39, 0.29) is 24.0 Å². The fourth-order valence-corrected chi connectivity index (χ4v) is 3.26. The van der Waals surface area contributed by atoms with E-state index in [4.69, 9.17) is 4.74 Å². The summed E-state index contributed by atoms with van der Waals surface area (Å²) in [6.07, 6.45) is 4.38. The minimum atomic E-state index is -0.467. The van der Waals surface area contributed by atoms with Crippen LogP contribution in [0.4, 0.5) is 10.3 Å². The number of benzene rings is 2. The van der Waals surface area contributed by atoms with E-state index >= 15 is 0 Å². The number of carbonyl (C=O) groups is 1. The molecule has 1 N–H and O–H groups in total. The summed E-state index contributed by atoms with van der Waals surface area (Å²) >= 11 is 0. The molecule has 3 aromatic rings. The number of hydrogen-bond acceptors (Lipinski definition) is 5. The molecule has 0 saturated carbocycles. The molecule has 0 fully saturated rings. The molecule has 6 heteroatoms. The second-order valence-electron chi connectivity index (χ2n) is 6.30. The van der Waals surface area contributed by atoms with Crippen molar-refractivity contribution in [1.82, 2.24) is 9.97 Å². The molecule has 0 bridgehead atoms. The molecule has 140 valence electrons. The van der Waals surface area contributed by atoms with Gasteiger partial charge >= 0.3 is 5.97 Å². The molecule has 1 aliphatic rings. The highest BCUT2D eigenvalue weighted by atomic mass is 19.1. The first-order valence-electron chi connectivity index (χ1n) is 8.98. The summed E-state index contributed by atoms with van der Waals surface area (Å²) in [5.41, 5.74) is 3.30. The number of nitrogens with one attached hydrogen (secondary N) is 1. The predicted octanol–water partition coefficient (Wildman–Crippen LogP) is 4.64. The fraction of sp³-hybridized carbons (Fsp3) is 0.136. The normalized spacial score (nSPS) is 14.9. The third-order valence-corrected chi connectivity index (χ3v) is 4.55. The van der Waals surface area contributed by atoms with Crippen LogP contribution in [-0.4, -0.2) is 22.5 Å². The molecule has 0 radical (unpaired) electrons. The Hall–Kier alpha value is -3.54. The molecule has 1 aromatic heterocycles. The zero-order chi connectivity index (χ0) is 19.5. The highest BCUT2D eigenvalue weighted by Crippen LogP contribution is 2.38. The van der Waals surface area contributed by atoms with Crippen molar-refractivity contribution in [3.05, 3.63) is 88.7 Å². The number of nitrogens with zero attached hydrogens (tertiary/aromatic N) is 2. The average Bonchev–Trinajstić information content (AvgIpc) is 2.84. The Labute approximate surface area is 161 Å². The second kappa shape index (κ2) is 7.60. The highest BCUT2D eigenvalue weighted by molar-refractivity contribution is 5.88. The molecule has 0 amide bonds. The standard InChI is InChI=1S/C22H18FN3O2/c1-2-28-21(27)15-12-24-22(25-13-15)26-20-16-8-4-3-7-14(16)11-19(23)17-9-5-6-10-18(17)20/h3-13,20H,2H2,1H3,(H,24,25,26). The molecule has 2 aromatic carbocycles. The highest BCUT2D eigenvalue weighted by Gasteiger charge is 2.25. The van der Waals surface area contributed by atoms with E-state index in [1.54, 1.807) is 19.1 Å². The first-order valence-corrected chi connectivity index (χ1v) is 8.98. The van der Waals surface area contributed by atoms with Gasteiger partial charge in [0.15, 0.2) is 0 Å². The molecule has 0 saturated heterocycles. The van der Waals surface area contributed by atoms with Gasteiger partial charge in [-0.25, -0.2) is 19.2 Å². The van der Waals surface area contributed by atoms with E-state index in [9.17, 15) is 9.18 Å². The van der Waals surface area contributed by atoms with Crippen LogP contribution in [0.25, 0.3) is 11.9 Å². The summed E-state index contributed by atoms with van der Waals surface area (Å²) in [5.74, 6) is -0.415. The molecule has 0 aliphatic heterocycles. The van der Waals surface area contributed by atoms with Gasteiger partial charge in [0.05, 0.1) is 18.2 Å². The molecular formula is C22H18FN3O2. The number of rotatable bonds is 4. The predicted molar refractivity (Wildman–Crippen MR) is 105 cm³/mol. The number of halogens is 1. The largest absolute Gasteiger partial charge is 0.462 e. The summed E-state index contributed by atoms with van der Waals surface area (Å²) in [5, 5.41) is 3.28. The first-order chi connectivity index (χ1) is 13.7. The van der Waals surface area contributed by atoms with Crippen molar-refractivity contribution in [3.8, 4) is 0 Å². The number of carbonyl (C=O) groups excluding carboxylic acids is 1. The maximum atomic E-state index is 14.8. The smallest absolute Gasteiger partial charge is 0.341 e. The van der Waals surface area contributed by atoms with Gasteiger partial charge in [-0.3, -0.25) is 0 Å². The van der Waals surface area contributed by atoms with Crippen molar-refractivity contribution in [2.75, 3.05) is 11.9 Å². The van der Waals surface area contributed by atoms with Crippen molar-refractivity contribution in [2.45, 2.75) is 13.0 Å². The second-order valence-corrected chi connectivity index (χ2v) is 6.30. The molecule has 1 unspecified atom stereocenters. The molecule has 5 nitrogen and oxygen atoms in total. The maximum absolute atomic E-state index is 14.8. The van der Waals surface area contributed by atoms with Gasteiger partial charge in [-0.2, -0.15) is 0 Å². The van der Waals surface area contributed by atoms with Crippen molar-refractivity contribution in [3.63, 3.8) is 0 Å². The summed E-state index contributed by atoms with van der Waals surface area (Å²) < 4.78 is 19.7. The van der Waals surface area contributed by atoms with Crippen LogP contribution >= 0.6 is 0 Å². The van der Waals surface area contributed by atoms with Crippen molar-refractivity contribution in [2.24, 2.45) is 0 Å². The van der Waals surface area contributed by atoms with Gasteiger partial charge < -0.3 is 10.1 Å². The Kier molecular flexibility index (Phi) is 4.85. The Morgan fingerprint density at radius 1 is 1.07 bits per heavy atom. The zero-order valence-electron chi connectivity index (χ0n) is 15.2. The van der Waals surface area contributed by atoms with E-state index in [1.807, 2.05) is 42.5 Å². The third kappa shape index (κ3) is 3.36. The lowest BCUT2D eigenvalue weighted by molar-refractivity contribution is 0.0525. The number of anilines is 1. The molecule has 1 atom stereocenters. The minimum absolute atomic E-state index is 0.279. The monoisotopic (exact) mass is 375 g/mol. The Morgan fingerprint density at radius 3 is 2.50 bits per heavy atom. The van der Waals surface area contributed by atoms with E-state index in [0.717, 1.165) is 16.7 Å². The van der Waals surface area contributed by atoms with Crippen LogP contribution in [0.3, 0.4) is 0 Å². The molecular weight excluding hydrogens is 357 g/mol. The summed E-state index contributed by atoms with van der Waals surface area (Å²) in [6, 6.07) is 14.6.